The van der Waals surface area contributed by atoms with Crippen LogP contribution < -0.4 is 5.32 Å². The van der Waals surface area contributed by atoms with Crippen molar-refractivity contribution in [3.63, 3.8) is 0 Å². The summed E-state index contributed by atoms with van der Waals surface area (Å²) in [6.45, 7) is 4.35. The molecule has 0 radical (unpaired) electrons. The third kappa shape index (κ3) is 2.45. The van der Waals surface area contributed by atoms with Gasteiger partial charge in [0.05, 0.1) is 5.69 Å². The summed E-state index contributed by atoms with van der Waals surface area (Å²) in [5.74, 6) is 0. The van der Waals surface area contributed by atoms with Crippen LogP contribution >= 0.6 is 0 Å². The first-order chi connectivity index (χ1) is 9.75. The average molecular weight is 265 g/mol. The summed E-state index contributed by atoms with van der Waals surface area (Å²) < 4.78 is 0. The Morgan fingerprint density at radius 2 is 1.75 bits per heavy atom. The third-order valence-electron chi connectivity index (χ3n) is 3.78. The standard InChI is InChI=1S/C17H19N3/c1-12(19-13(2)17-10-11-18-20-17)15-9-5-7-14-6-3-4-8-16(14)15/h3-13,19H,1-2H3,(H,18,20). The van der Waals surface area contributed by atoms with Gasteiger partial charge in [0.15, 0.2) is 0 Å². The van der Waals surface area contributed by atoms with E-state index in [9.17, 15) is 0 Å². The third-order valence-corrected chi connectivity index (χ3v) is 3.78. The van der Waals surface area contributed by atoms with E-state index in [0.29, 0.717) is 0 Å². The van der Waals surface area contributed by atoms with Gasteiger partial charge in [0, 0.05) is 18.3 Å². The van der Waals surface area contributed by atoms with Crippen molar-refractivity contribution in [3.8, 4) is 0 Å². The van der Waals surface area contributed by atoms with Crippen LogP contribution in [-0.2, 0) is 0 Å². The van der Waals surface area contributed by atoms with E-state index in [1.807, 2.05) is 6.07 Å². The highest BCUT2D eigenvalue weighted by molar-refractivity contribution is 5.86. The lowest BCUT2D eigenvalue weighted by Gasteiger charge is -2.21. The molecule has 0 aliphatic carbocycles. The minimum atomic E-state index is 0.242. The van der Waals surface area contributed by atoms with E-state index in [2.05, 4.69) is 71.8 Å². The lowest BCUT2D eigenvalue weighted by molar-refractivity contribution is 0.488. The van der Waals surface area contributed by atoms with Crippen LogP contribution in [0, 0.1) is 0 Å². The lowest BCUT2D eigenvalue weighted by Crippen LogP contribution is -2.23. The van der Waals surface area contributed by atoms with Crippen LogP contribution in [0.4, 0.5) is 0 Å². The second-order valence-electron chi connectivity index (χ2n) is 5.19. The molecule has 3 heteroatoms. The molecule has 0 aliphatic rings. The van der Waals surface area contributed by atoms with Crippen molar-refractivity contribution in [2.45, 2.75) is 25.9 Å². The fourth-order valence-electron chi connectivity index (χ4n) is 2.69. The van der Waals surface area contributed by atoms with Gasteiger partial charge in [-0.05, 0) is 36.2 Å². The van der Waals surface area contributed by atoms with Crippen LogP contribution in [0.2, 0.25) is 0 Å². The number of aromatic nitrogens is 2. The normalized spacial score (nSPS) is 14.3. The first kappa shape index (κ1) is 12.9. The summed E-state index contributed by atoms with van der Waals surface area (Å²) in [4.78, 5) is 0. The zero-order valence-electron chi connectivity index (χ0n) is 11.8. The Kier molecular flexibility index (Phi) is 3.52. The number of hydrogen-bond acceptors (Lipinski definition) is 2. The highest BCUT2D eigenvalue weighted by atomic mass is 15.1. The van der Waals surface area contributed by atoms with Gasteiger partial charge < -0.3 is 5.32 Å². The summed E-state index contributed by atoms with van der Waals surface area (Å²) in [5.41, 5.74) is 2.44. The largest absolute Gasteiger partial charge is 0.302 e. The molecule has 3 rings (SSSR count). The van der Waals surface area contributed by atoms with Crippen LogP contribution in [-0.4, -0.2) is 10.2 Å². The number of H-pyrrole nitrogens is 1. The molecule has 2 atom stereocenters. The molecule has 0 saturated heterocycles. The van der Waals surface area contributed by atoms with Crippen molar-refractivity contribution >= 4 is 10.8 Å². The van der Waals surface area contributed by atoms with Crippen molar-refractivity contribution in [1.29, 1.82) is 0 Å². The average Bonchev–Trinajstić information content (AvgIpc) is 3.01. The van der Waals surface area contributed by atoms with Gasteiger partial charge >= 0.3 is 0 Å². The maximum absolute atomic E-state index is 4.01. The molecule has 0 amide bonds. The molecular formula is C17H19N3. The number of nitrogens with one attached hydrogen (secondary N) is 2. The molecule has 3 aromatic rings. The minimum Gasteiger partial charge on any atom is -0.302 e. The van der Waals surface area contributed by atoms with Gasteiger partial charge in [-0.2, -0.15) is 5.10 Å². The Morgan fingerprint density at radius 3 is 2.55 bits per heavy atom. The predicted molar refractivity (Wildman–Crippen MR) is 82.5 cm³/mol. The molecule has 0 aliphatic heterocycles. The first-order valence-corrected chi connectivity index (χ1v) is 6.98. The van der Waals surface area contributed by atoms with E-state index >= 15 is 0 Å². The van der Waals surface area contributed by atoms with Gasteiger partial charge in [-0.1, -0.05) is 42.5 Å². The molecule has 0 saturated carbocycles. The second kappa shape index (κ2) is 5.47. The maximum Gasteiger partial charge on any atom is 0.0518 e. The van der Waals surface area contributed by atoms with Gasteiger partial charge in [0.2, 0.25) is 0 Å². The number of fused-ring (bicyclic) bond motifs is 1. The predicted octanol–water partition coefficient (Wildman–Crippen LogP) is 3.97. The monoisotopic (exact) mass is 265 g/mol. The van der Waals surface area contributed by atoms with Crippen molar-refractivity contribution in [2.24, 2.45) is 0 Å². The number of benzene rings is 2. The Morgan fingerprint density at radius 1 is 0.950 bits per heavy atom. The van der Waals surface area contributed by atoms with Crippen molar-refractivity contribution in [1.82, 2.24) is 15.5 Å². The highest BCUT2D eigenvalue weighted by Crippen LogP contribution is 2.25. The van der Waals surface area contributed by atoms with E-state index in [1.165, 1.54) is 16.3 Å². The zero-order valence-corrected chi connectivity index (χ0v) is 11.8. The zero-order chi connectivity index (χ0) is 13.9. The van der Waals surface area contributed by atoms with Crippen LogP contribution in [0.15, 0.2) is 54.7 Å². The quantitative estimate of drug-likeness (QED) is 0.749. The van der Waals surface area contributed by atoms with Crippen molar-refractivity contribution < 1.29 is 0 Å². The fourth-order valence-corrected chi connectivity index (χ4v) is 2.69. The molecule has 2 unspecified atom stereocenters. The minimum absolute atomic E-state index is 0.242. The van der Waals surface area contributed by atoms with Gasteiger partial charge in [0.25, 0.3) is 0 Å². The van der Waals surface area contributed by atoms with Crippen molar-refractivity contribution in [2.75, 3.05) is 0 Å². The summed E-state index contributed by atoms with van der Waals surface area (Å²) in [7, 11) is 0. The van der Waals surface area contributed by atoms with E-state index in [4.69, 9.17) is 0 Å². The van der Waals surface area contributed by atoms with E-state index in [1.54, 1.807) is 6.20 Å². The molecule has 3 nitrogen and oxygen atoms in total. The summed E-state index contributed by atoms with van der Waals surface area (Å²) in [5, 5.41) is 13.2. The molecule has 0 spiro atoms. The van der Waals surface area contributed by atoms with E-state index in [-0.39, 0.29) is 12.1 Å². The highest BCUT2D eigenvalue weighted by Gasteiger charge is 2.13. The number of nitrogens with zero attached hydrogens (tertiary/aromatic N) is 1. The first-order valence-electron chi connectivity index (χ1n) is 6.98. The summed E-state index contributed by atoms with van der Waals surface area (Å²) in [6, 6.07) is 17.5. The van der Waals surface area contributed by atoms with Crippen LogP contribution in [0.3, 0.4) is 0 Å². The topological polar surface area (TPSA) is 40.7 Å². The van der Waals surface area contributed by atoms with Crippen LogP contribution in [0.25, 0.3) is 10.8 Å². The van der Waals surface area contributed by atoms with Crippen LogP contribution in [0.1, 0.15) is 37.2 Å². The second-order valence-corrected chi connectivity index (χ2v) is 5.19. The molecule has 1 heterocycles. The van der Waals surface area contributed by atoms with Gasteiger partial charge in [-0.3, -0.25) is 5.10 Å². The molecule has 102 valence electrons. The Hall–Kier alpha value is -2.13. The number of rotatable bonds is 4. The Balaban J connectivity index is 1.87. The molecule has 2 N–H and O–H groups in total. The van der Waals surface area contributed by atoms with Gasteiger partial charge in [0.1, 0.15) is 0 Å². The van der Waals surface area contributed by atoms with Gasteiger partial charge in [-0.15, -0.1) is 0 Å². The SMILES string of the molecule is CC(NC(C)c1cccc2ccccc12)c1ccn[nH]1. The fraction of sp³-hybridized carbons (Fsp3) is 0.235. The Labute approximate surface area is 119 Å². The van der Waals surface area contributed by atoms with E-state index in [0.717, 1.165) is 5.69 Å². The van der Waals surface area contributed by atoms with Crippen LogP contribution in [0.5, 0.6) is 0 Å². The summed E-state index contributed by atoms with van der Waals surface area (Å²) >= 11 is 0. The van der Waals surface area contributed by atoms with Gasteiger partial charge in [-0.25, -0.2) is 0 Å². The molecule has 20 heavy (non-hydrogen) atoms. The smallest absolute Gasteiger partial charge is 0.0518 e. The van der Waals surface area contributed by atoms with E-state index < -0.39 is 0 Å². The summed E-state index contributed by atoms with van der Waals surface area (Å²) in [6.07, 6.45) is 1.79. The number of aromatic amines is 1. The molecule has 2 aromatic carbocycles. The van der Waals surface area contributed by atoms with Crippen molar-refractivity contribution in [3.05, 3.63) is 66.0 Å². The lowest BCUT2D eigenvalue weighted by atomic mass is 9.99. The molecule has 0 fully saturated rings. The molecular weight excluding hydrogens is 246 g/mol. The maximum atomic E-state index is 4.01. The number of hydrogen-bond donors (Lipinski definition) is 2. The molecule has 1 aromatic heterocycles. The molecule has 0 bridgehead atoms. The Bertz CT molecular complexity index is 683.